The third-order valence-corrected chi connectivity index (χ3v) is 3.27. The van der Waals surface area contributed by atoms with Gasteiger partial charge in [-0.05, 0) is 26.3 Å². The fraction of sp³-hybridized carbons (Fsp3) is 0.818. The van der Waals surface area contributed by atoms with Crippen LogP contribution in [0.1, 0.15) is 26.2 Å². The summed E-state index contributed by atoms with van der Waals surface area (Å²) in [5.41, 5.74) is 0. The summed E-state index contributed by atoms with van der Waals surface area (Å²) in [5, 5.41) is 11.5. The number of carbonyl (C=O) groups excluding carboxylic acids is 1. The minimum absolute atomic E-state index is 0.0348. The summed E-state index contributed by atoms with van der Waals surface area (Å²) in [6, 6.07) is 0.250. The highest BCUT2D eigenvalue weighted by atomic mass is 16.4. The van der Waals surface area contributed by atoms with Gasteiger partial charge in [-0.1, -0.05) is 0 Å². The summed E-state index contributed by atoms with van der Waals surface area (Å²) in [4.78, 5) is 24.1. The first-order valence-electron chi connectivity index (χ1n) is 5.72. The van der Waals surface area contributed by atoms with Crippen molar-refractivity contribution in [2.24, 2.45) is 5.92 Å². The van der Waals surface area contributed by atoms with Crippen molar-refractivity contribution < 1.29 is 14.7 Å². The molecule has 2 unspecified atom stereocenters. The Labute approximate surface area is 95.8 Å². The number of rotatable bonds is 4. The van der Waals surface area contributed by atoms with Crippen molar-refractivity contribution in [1.29, 1.82) is 0 Å². The fourth-order valence-corrected chi connectivity index (χ4v) is 2.15. The molecule has 1 aliphatic heterocycles. The van der Waals surface area contributed by atoms with Crippen molar-refractivity contribution in [2.45, 2.75) is 32.2 Å². The first-order chi connectivity index (χ1) is 7.54. The van der Waals surface area contributed by atoms with Crippen LogP contribution in [0.15, 0.2) is 0 Å². The molecule has 5 nitrogen and oxygen atoms in total. The van der Waals surface area contributed by atoms with Crippen LogP contribution in [-0.2, 0) is 9.59 Å². The fourth-order valence-electron chi connectivity index (χ4n) is 2.15. The molecule has 1 aliphatic rings. The Bertz CT molecular complexity index is 268. The van der Waals surface area contributed by atoms with Gasteiger partial charge in [0.2, 0.25) is 5.91 Å². The number of carboxylic acids is 1. The molecule has 1 rings (SSSR count). The van der Waals surface area contributed by atoms with Gasteiger partial charge in [-0.25, -0.2) is 0 Å². The normalized spacial score (nSPS) is 26.4. The van der Waals surface area contributed by atoms with Gasteiger partial charge in [0.25, 0.3) is 0 Å². The monoisotopic (exact) mass is 228 g/mol. The van der Waals surface area contributed by atoms with Gasteiger partial charge in [0.05, 0.1) is 5.92 Å². The molecule has 5 heteroatoms. The predicted octanol–water partition coefficient (Wildman–Crippen LogP) is 0.308. The highest BCUT2D eigenvalue weighted by molar-refractivity contribution is 5.75. The highest BCUT2D eigenvalue weighted by Gasteiger charge is 2.29. The van der Waals surface area contributed by atoms with Crippen LogP contribution in [0.5, 0.6) is 0 Å². The highest BCUT2D eigenvalue weighted by Crippen LogP contribution is 2.22. The first kappa shape index (κ1) is 13.0. The zero-order valence-electron chi connectivity index (χ0n) is 9.90. The molecule has 92 valence electrons. The maximum atomic E-state index is 11.1. The number of aliphatic carboxylic acids is 1. The van der Waals surface area contributed by atoms with E-state index >= 15 is 0 Å². The lowest BCUT2D eigenvalue weighted by Crippen LogP contribution is -2.44. The number of likely N-dealkylation sites (tertiary alicyclic amines) is 1. The van der Waals surface area contributed by atoms with Crippen LogP contribution in [0.3, 0.4) is 0 Å². The van der Waals surface area contributed by atoms with E-state index in [4.69, 9.17) is 5.11 Å². The second-order valence-electron chi connectivity index (χ2n) is 4.37. The van der Waals surface area contributed by atoms with Crippen molar-refractivity contribution in [3.63, 3.8) is 0 Å². The average molecular weight is 228 g/mol. The standard InChI is InChI=1S/C11H20N2O3/c1-8-7-9(11(15)16)3-5-13(8)6-4-10(14)12-2/h8-9H,3-7H2,1-2H3,(H,12,14)(H,15,16). The molecule has 16 heavy (non-hydrogen) atoms. The number of carboxylic acid groups (broad SMARTS) is 1. The van der Waals surface area contributed by atoms with E-state index in [1.54, 1.807) is 7.05 Å². The topological polar surface area (TPSA) is 69.6 Å². The molecule has 0 saturated carbocycles. The number of amides is 1. The van der Waals surface area contributed by atoms with E-state index in [1.165, 1.54) is 0 Å². The molecule has 2 atom stereocenters. The largest absolute Gasteiger partial charge is 0.481 e. The number of nitrogens with zero attached hydrogens (tertiary/aromatic N) is 1. The van der Waals surface area contributed by atoms with E-state index in [1.807, 2.05) is 6.92 Å². The molecule has 0 spiro atoms. The Morgan fingerprint density at radius 1 is 1.50 bits per heavy atom. The first-order valence-corrected chi connectivity index (χ1v) is 5.72. The van der Waals surface area contributed by atoms with Gasteiger partial charge in [-0.3, -0.25) is 9.59 Å². The summed E-state index contributed by atoms with van der Waals surface area (Å²) in [7, 11) is 1.63. The van der Waals surface area contributed by atoms with E-state index in [2.05, 4.69) is 10.2 Å². The molecular formula is C11H20N2O3. The van der Waals surface area contributed by atoms with Gasteiger partial charge in [-0.15, -0.1) is 0 Å². The van der Waals surface area contributed by atoms with Crippen molar-refractivity contribution in [2.75, 3.05) is 20.1 Å². The Morgan fingerprint density at radius 2 is 2.19 bits per heavy atom. The van der Waals surface area contributed by atoms with E-state index < -0.39 is 5.97 Å². The maximum absolute atomic E-state index is 11.1. The molecule has 2 N–H and O–H groups in total. The van der Waals surface area contributed by atoms with Crippen LogP contribution < -0.4 is 5.32 Å². The molecule has 0 aromatic rings. The number of carbonyl (C=O) groups is 2. The molecule has 1 heterocycles. The van der Waals surface area contributed by atoms with Crippen molar-refractivity contribution in [1.82, 2.24) is 10.2 Å². The molecule has 0 aromatic heterocycles. The molecule has 0 radical (unpaired) electrons. The van der Waals surface area contributed by atoms with E-state index in [-0.39, 0.29) is 17.9 Å². The average Bonchev–Trinajstić information content (AvgIpc) is 2.26. The molecule has 0 aliphatic carbocycles. The minimum Gasteiger partial charge on any atom is -0.481 e. The minimum atomic E-state index is -0.696. The third-order valence-electron chi connectivity index (χ3n) is 3.27. The molecule has 0 bridgehead atoms. The van der Waals surface area contributed by atoms with E-state index in [9.17, 15) is 9.59 Å². The lowest BCUT2D eigenvalue weighted by atomic mass is 9.91. The Kier molecular flexibility index (Phi) is 4.73. The number of hydrogen-bond donors (Lipinski definition) is 2. The zero-order valence-corrected chi connectivity index (χ0v) is 9.90. The van der Waals surface area contributed by atoms with Crippen LogP contribution in [0.4, 0.5) is 0 Å². The quantitative estimate of drug-likeness (QED) is 0.726. The van der Waals surface area contributed by atoms with Crippen molar-refractivity contribution >= 4 is 11.9 Å². The molecular weight excluding hydrogens is 208 g/mol. The molecule has 1 amide bonds. The SMILES string of the molecule is CNC(=O)CCN1CCC(C(=O)O)CC1C. The van der Waals surface area contributed by atoms with Crippen LogP contribution in [-0.4, -0.2) is 48.1 Å². The lowest BCUT2D eigenvalue weighted by molar-refractivity contribution is -0.144. The number of nitrogens with one attached hydrogen (secondary N) is 1. The third kappa shape index (κ3) is 3.48. The summed E-state index contributed by atoms with van der Waals surface area (Å²) in [6.07, 6.45) is 1.86. The van der Waals surface area contributed by atoms with E-state index in [0.29, 0.717) is 25.8 Å². The summed E-state index contributed by atoms with van der Waals surface area (Å²) in [6.45, 7) is 3.52. The molecule has 1 fully saturated rings. The maximum Gasteiger partial charge on any atom is 0.306 e. The smallest absolute Gasteiger partial charge is 0.306 e. The van der Waals surface area contributed by atoms with Gasteiger partial charge in [0.1, 0.15) is 0 Å². The van der Waals surface area contributed by atoms with Crippen LogP contribution in [0.25, 0.3) is 0 Å². The molecule has 0 aromatic carbocycles. The van der Waals surface area contributed by atoms with Gasteiger partial charge in [0, 0.05) is 26.1 Å². The summed E-state index contributed by atoms with van der Waals surface area (Å²) >= 11 is 0. The van der Waals surface area contributed by atoms with Crippen LogP contribution >= 0.6 is 0 Å². The Morgan fingerprint density at radius 3 is 2.69 bits per heavy atom. The Hall–Kier alpha value is -1.10. The van der Waals surface area contributed by atoms with Gasteiger partial charge in [0.15, 0.2) is 0 Å². The van der Waals surface area contributed by atoms with Crippen molar-refractivity contribution in [3.8, 4) is 0 Å². The van der Waals surface area contributed by atoms with Crippen LogP contribution in [0, 0.1) is 5.92 Å². The lowest BCUT2D eigenvalue weighted by Gasteiger charge is -2.36. The van der Waals surface area contributed by atoms with Gasteiger partial charge >= 0.3 is 5.97 Å². The number of piperidine rings is 1. The van der Waals surface area contributed by atoms with Gasteiger partial charge < -0.3 is 15.3 Å². The molecule has 1 saturated heterocycles. The van der Waals surface area contributed by atoms with Crippen molar-refractivity contribution in [3.05, 3.63) is 0 Å². The predicted molar refractivity (Wildman–Crippen MR) is 60.1 cm³/mol. The summed E-state index contributed by atoms with van der Waals surface area (Å²) < 4.78 is 0. The zero-order chi connectivity index (χ0) is 12.1. The van der Waals surface area contributed by atoms with Gasteiger partial charge in [-0.2, -0.15) is 0 Å². The second-order valence-corrected chi connectivity index (χ2v) is 4.37. The summed E-state index contributed by atoms with van der Waals surface area (Å²) in [5.74, 6) is -0.878. The van der Waals surface area contributed by atoms with Crippen LogP contribution in [0.2, 0.25) is 0 Å². The number of hydrogen-bond acceptors (Lipinski definition) is 3. The van der Waals surface area contributed by atoms with E-state index in [0.717, 1.165) is 6.54 Å². The Balaban J connectivity index is 2.36. The second kappa shape index (κ2) is 5.84.